The molecule has 130 valence electrons. The molecule has 6 heteroatoms. The van der Waals surface area contributed by atoms with Gasteiger partial charge in [-0.25, -0.2) is 5.43 Å². The van der Waals surface area contributed by atoms with E-state index in [0.29, 0.717) is 18.1 Å². The molecular formula is C19H19BrN2O3. The highest BCUT2D eigenvalue weighted by molar-refractivity contribution is 9.10. The quantitative estimate of drug-likeness (QED) is 0.414. The second kappa shape index (κ2) is 9.64. The predicted molar refractivity (Wildman–Crippen MR) is 102 cm³/mol. The lowest BCUT2D eigenvalue weighted by Crippen LogP contribution is -2.24. The molecule has 0 radical (unpaired) electrons. The summed E-state index contributed by atoms with van der Waals surface area (Å²) < 4.78 is 11.8. The molecule has 0 saturated heterocycles. The van der Waals surface area contributed by atoms with Crippen LogP contribution in [0.25, 0.3) is 0 Å². The molecule has 5 nitrogen and oxygen atoms in total. The van der Waals surface area contributed by atoms with E-state index in [4.69, 9.17) is 9.47 Å². The summed E-state index contributed by atoms with van der Waals surface area (Å²) in [7, 11) is 0. The van der Waals surface area contributed by atoms with Gasteiger partial charge in [0, 0.05) is 5.56 Å². The Labute approximate surface area is 155 Å². The maximum absolute atomic E-state index is 11.8. The summed E-state index contributed by atoms with van der Waals surface area (Å²) in [6, 6.07) is 13.0. The molecule has 0 aliphatic rings. The molecule has 0 unspecified atom stereocenters. The van der Waals surface area contributed by atoms with Crippen LogP contribution in [0.4, 0.5) is 0 Å². The lowest BCUT2D eigenvalue weighted by atomic mass is 10.2. The van der Waals surface area contributed by atoms with Gasteiger partial charge in [0.2, 0.25) is 0 Å². The van der Waals surface area contributed by atoms with Crippen molar-refractivity contribution in [2.75, 3.05) is 13.2 Å². The van der Waals surface area contributed by atoms with E-state index in [2.05, 4.69) is 33.0 Å². The molecule has 1 amide bonds. The predicted octanol–water partition coefficient (Wildman–Crippen LogP) is 3.85. The molecule has 0 aliphatic carbocycles. The first-order valence-corrected chi connectivity index (χ1v) is 8.43. The monoisotopic (exact) mass is 402 g/mol. The van der Waals surface area contributed by atoms with Crippen LogP contribution in [0.2, 0.25) is 0 Å². The summed E-state index contributed by atoms with van der Waals surface area (Å²) in [5, 5.41) is 3.94. The molecule has 0 aliphatic heterocycles. The van der Waals surface area contributed by atoms with Gasteiger partial charge < -0.3 is 9.47 Å². The van der Waals surface area contributed by atoms with Crippen molar-refractivity contribution < 1.29 is 14.3 Å². The zero-order valence-electron chi connectivity index (χ0n) is 13.9. The first-order chi connectivity index (χ1) is 12.1. The number of hydrogen-bond acceptors (Lipinski definition) is 4. The van der Waals surface area contributed by atoms with Crippen molar-refractivity contribution in [2.24, 2.45) is 5.10 Å². The summed E-state index contributed by atoms with van der Waals surface area (Å²) in [5.74, 6) is 0.918. The number of carbonyl (C=O) groups excluding carboxylic acids is 1. The van der Waals surface area contributed by atoms with E-state index < -0.39 is 0 Å². The van der Waals surface area contributed by atoms with Crippen LogP contribution < -0.4 is 14.9 Å². The third-order valence-corrected chi connectivity index (χ3v) is 3.73. The van der Waals surface area contributed by atoms with Crippen LogP contribution in [0, 0.1) is 6.92 Å². The number of hydrogen-bond donors (Lipinski definition) is 1. The Hall–Kier alpha value is -2.60. The fourth-order valence-electron chi connectivity index (χ4n) is 1.94. The van der Waals surface area contributed by atoms with Crippen molar-refractivity contribution in [1.29, 1.82) is 0 Å². The molecule has 2 aromatic rings. The Morgan fingerprint density at radius 3 is 2.80 bits per heavy atom. The number of aryl methyl sites for hydroxylation is 1. The number of para-hydroxylation sites is 1. The third-order valence-electron chi connectivity index (χ3n) is 3.11. The second-order valence-electron chi connectivity index (χ2n) is 5.15. The van der Waals surface area contributed by atoms with Gasteiger partial charge in [-0.3, -0.25) is 4.79 Å². The van der Waals surface area contributed by atoms with Gasteiger partial charge in [-0.15, -0.1) is 0 Å². The molecule has 2 aromatic carbocycles. The normalized spacial score (nSPS) is 10.5. The molecule has 0 spiro atoms. The maximum Gasteiger partial charge on any atom is 0.277 e. The van der Waals surface area contributed by atoms with Crippen molar-refractivity contribution >= 4 is 28.1 Å². The minimum absolute atomic E-state index is 0.131. The standard InChI is InChI=1S/C19H19BrN2O3/c1-3-10-24-17-7-5-4-6-15(17)12-21-22-19(23)13-25-18-9-8-14(2)11-16(18)20/h3-9,11-12H,1,10,13H2,2H3,(H,22,23)/b21-12+. The zero-order chi connectivity index (χ0) is 18.1. The van der Waals surface area contributed by atoms with Gasteiger partial charge in [-0.2, -0.15) is 5.10 Å². The second-order valence-corrected chi connectivity index (χ2v) is 6.01. The summed E-state index contributed by atoms with van der Waals surface area (Å²) in [6.07, 6.45) is 3.19. The Kier molecular flexibility index (Phi) is 7.22. The molecule has 25 heavy (non-hydrogen) atoms. The minimum Gasteiger partial charge on any atom is -0.489 e. The topological polar surface area (TPSA) is 59.9 Å². The summed E-state index contributed by atoms with van der Waals surface area (Å²) in [5.41, 5.74) is 4.29. The van der Waals surface area contributed by atoms with Crippen LogP contribution in [0.5, 0.6) is 11.5 Å². The number of nitrogens with one attached hydrogen (secondary N) is 1. The number of benzene rings is 2. The SMILES string of the molecule is C=CCOc1ccccc1/C=N/NC(=O)COc1ccc(C)cc1Br. The van der Waals surface area contributed by atoms with Gasteiger partial charge in [0.15, 0.2) is 6.61 Å². The van der Waals surface area contributed by atoms with Gasteiger partial charge in [0.1, 0.15) is 18.1 Å². The van der Waals surface area contributed by atoms with E-state index in [0.717, 1.165) is 15.6 Å². The molecule has 0 heterocycles. The number of ether oxygens (including phenoxy) is 2. The van der Waals surface area contributed by atoms with Crippen LogP contribution in [-0.2, 0) is 4.79 Å². The molecule has 1 N–H and O–H groups in total. The van der Waals surface area contributed by atoms with Crippen LogP contribution in [0.3, 0.4) is 0 Å². The van der Waals surface area contributed by atoms with Gasteiger partial charge >= 0.3 is 0 Å². The highest BCUT2D eigenvalue weighted by Gasteiger charge is 2.05. The highest BCUT2D eigenvalue weighted by atomic mass is 79.9. The van der Waals surface area contributed by atoms with Crippen LogP contribution in [-0.4, -0.2) is 25.3 Å². The van der Waals surface area contributed by atoms with E-state index in [-0.39, 0.29) is 12.5 Å². The minimum atomic E-state index is -0.354. The average Bonchev–Trinajstić information content (AvgIpc) is 2.60. The highest BCUT2D eigenvalue weighted by Crippen LogP contribution is 2.25. The van der Waals surface area contributed by atoms with E-state index in [1.54, 1.807) is 6.08 Å². The number of rotatable bonds is 8. The molecular weight excluding hydrogens is 384 g/mol. The van der Waals surface area contributed by atoms with Crippen molar-refractivity contribution in [3.8, 4) is 11.5 Å². The first kappa shape index (κ1) is 18.7. The first-order valence-electron chi connectivity index (χ1n) is 7.63. The van der Waals surface area contributed by atoms with Crippen molar-refractivity contribution in [3.63, 3.8) is 0 Å². The van der Waals surface area contributed by atoms with Gasteiger partial charge in [0.25, 0.3) is 5.91 Å². The van der Waals surface area contributed by atoms with Crippen molar-refractivity contribution in [2.45, 2.75) is 6.92 Å². The summed E-state index contributed by atoms with van der Waals surface area (Å²) >= 11 is 3.40. The number of halogens is 1. The summed E-state index contributed by atoms with van der Waals surface area (Å²) in [4.78, 5) is 11.8. The van der Waals surface area contributed by atoms with Gasteiger partial charge in [0.05, 0.1) is 10.7 Å². The number of hydrazone groups is 1. The Balaban J connectivity index is 1.87. The Morgan fingerprint density at radius 2 is 2.04 bits per heavy atom. The van der Waals surface area contributed by atoms with Crippen molar-refractivity contribution in [3.05, 3.63) is 70.7 Å². The number of nitrogens with zero attached hydrogens (tertiary/aromatic N) is 1. The number of amides is 1. The fourth-order valence-corrected chi connectivity index (χ4v) is 2.55. The number of carbonyl (C=O) groups is 1. The molecule has 0 fully saturated rings. The van der Waals surface area contributed by atoms with E-state index in [1.807, 2.05) is 49.4 Å². The summed E-state index contributed by atoms with van der Waals surface area (Å²) in [6.45, 7) is 5.86. The smallest absolute Gasteiger partial charge is 0.277 e. The average molecular weight is 403 g/mol. The van der Waals surface area contributed by atoms with Crippen LogP contribution >= 0.6 is 15.9 Å². The Morgan fingerprint density at radius 1 is 1.24 bits per heavy atom. The molecule has 0 atom stereocenters. The lowest BCUT2D eigenvalue weighted by Gasteiger charge is -2.08. The molecule has 0 saturated carbocycles. The van der Waals surface area contributed by atoms with Crippen LogP contribution in [0.15, 0.2) is 64.7 Å². The van der Waals surface area contributed by atoms with Crippen LogP contribution in [0.1, 0.15) is 11.1 Å². The fraction of sp³-hybridized carbons (Fsp3) is 0.158. The van der Waals surface area contributed by atoms with Gasteiger partial charge in [-0.1, -0.05) is 30.9 Å². The zero-order valence-corrected chi connectivity index (χ0v) is 15.5. The maximum atomic E-state index is 11.8. The van der Waals surface area contributed by atoms with E-state index in [9.17, 15) is 4.79 Å². The van der Waals surface area contributed by atoms with Crippen molar-refractivity contribution in [1.82, 2.24) is 5.43 Å². The lowest BCUT2D eigenvalue weighted by molar-refractivity contribution is -0.123. The van der Waals surface area contributed by atoms with E-state index >= 15 is 0 Å². The van der Waals surface area contributed by atoms with Gasteiger partial charge in [-0.05, 0) is 52.7 Å². The Bertz CT molecular complexity index is 775. The molecule has 0 aromatic heterocycles. The molecule has 0 bridgehead atoms. The third kappa shape index (κ3) is 6.08. The largest absolute Gasteiger partial charge is 0.489 e. The molecule has 2 rings (SSSR count). The van der Waals surface area contributed by atoms with E-state index in [1.165, 1.54) is 6.21 Å².